The molecule has 2 aliphatic heterocycles. The van der Waals surface area contributed by atoms with Crippen LogP contribution in [-0.2, 0) is 14.3 Å². The van der Waals surface area contributed by atoms with Gasteiger partial charge in [-0.3, -0.25) is 0 Å². The second kappa shape index (κ2) is 11.1. The fourth-order valence-corrected chi connectivity index (χ4v) is 4.68. The number of piperidine rings is 2. The standard InChI is InChI=1S/C25H39N3O5/c1-25(2,3)33-24(30)28-15-11-19(12-16-28)23(26)18-9-13-27(14-10-18)20-5-7-21(8-6-20)32-17-22(29)31-4/h5-8,18-19,23H,9-17,26H2,1-4H3. The molecule has 0 radical (unpaired) electrons. The van der Waals surface area contributed by atoms with Gasteiger partial charge in [0, 0.05) is 37.9 Å². The van der Waals surface area contributed by atoms with Crippen LogP contribution in [0.15, 0.2) is 24.3 Å². The molecule has 0 bridgehead atoms. The number of hydrogen-bond acceptors (Lipinski definition) is 7. The zero-order chi connectivity index (χ0) is 24.0. The quantitative estimate of drug-likeness (QED) is 0.649. The number of carbonyl (C=O) groups is 2. The van der Waals surface area contributed by atoms with E-state index in [9.17, 15) is 9.59 Å². The van der Waals surface area contributed by atoms with Crippen molar-refractivity contribution in [2.75, 3.05) is 44.8 Å². The second-order valence-electron chi connectivity index (χ2n) is 10.1. The topological polar surface area (TPSA) is 94.3 Å². The zero-order valence-corrected chi connectivity index (χ0v) is 20.4. The van der Waals surface area contributed by atoms with Gasteiger partial charge in [-0.05, 0) is 82.6 Å². The summed E-state index contributed by atoms with van der Waals surface area (Å²) in [4.78, 5) is 27.7. The van der Waals surface area contributed by atoms with Crippen molar-refractivity contribution in [2.24, 2.45) is 17.6 Å². The van der Waals surface area contributed by atoms with Crippen molar-refractivity contribution < 1.29 is 23.8 Å². The number of likely N-dealkylation sites (tertiary alicyclic amines) is 1. The van der Waals surface area contributed by atoms with Crippen LogP contribution in [0.1, 0.15) is 46.5 Å². The van der Waals surface area contributed by atoms with Crippen molar-refractivity contribution in [1.29, 1.82) is 0 Å². The molecule has 0 spiro atoms. The Morgan fingerprint density at radius 2 is 1.55 bits per heavy atom. The predicted molar refractivity (Wildman–Crippen MR) is 127 cm³/mol. The van der Waals surface area contributed by atoms with Crippen LogP contribution in [0, 0.1) is 11.8 Å². The number of amides is 1. The van der Waals surface area contributed by atoms with Crippen LogP contribution >= 0.6 is 0 Å². The summed E-state index contributed by atoms with van der Waals surface area (Å²) >= 11 is 0. The molecule has 0 aliphatic carbocycles. The summed E-state index contributed by atoms with van der Waals surface area (Å²) in [6.45, 7) is 8.98. The monoisotopic (exact) mass is 461 g/mol. The lowest BCUT2D eigenvalue weighted by atomic mass is 9.78. The van der Waals surface area contributed by atoms with Crippen molar-refractivity contribution in [1.82, 2.24) is 4.90 Å². The summed E-state index contributed by atoms with van der Waals surface area (Å²) in [5, 5.41) is 0. The predicted octanol–water partition coefficient (Wildman–Crippen LogP) is 3.43. The van der Waals surface area contributed by atoms with E-state index in [-0.39, 0.29) is 18.7 Å². The Hall–Kier alpha value is -2.48. The summed E-state index contributed by atoms with van der Waals surface area (Å²) in [6.07, 6.45) is 3.79. The summed E-state index contributed by atoms with van der Waals surface area (Å²) in [6, 6.07) is 7.99. The van der Waals surface area contributed by atoms with E-state index in [1.165, 1.54) is 7.11 Å². The highest BCUT2D eigenvalue weighted by Crippen LogP contribution is 2.31. The Bertz CT molecular complexity index is 776. The van der Waals surface area contributed by atoms with E-state index in [4.69, 9.17) is 15.2 Å². The number of rotatable bonds is 6. The number of nitrogens with zero attached hydrogens (tertiary/aromatic N) is 2. The molecule has 33 heavy (non-hydrogen) atoms. The minimum Gasteiger partial charge on any atom is -0.482 e. The second-order valence-corrected chi connectivity index (χ2v) is 10.1. The van der Waals surface area contributed by atoms with Gasteiger partial charge in [-0.25, -0.2) is 9.59 Å². The van der Waals surface area contributed by atoms with Crippen molar-refractivity contribution in [3.63, 3.8) is 0 Å². The molecule has 2 saturated heterocycles. The van der Waals surface area contributed by atoms with Crippen LogP contribution in [0.2, 0.25) is 0 Å². The highest BCUT2D eigenvalue weighted by Gasteiger charge is 2.34. The van der Waals surface area contributed by atoms with Crippen molar-refractivity contribution in [3.05, 3.63) is 24.3 Å². The van der Waals surface area contributed by atoms with Gasteiger partial charge < -0.3 is 29.7 Å². The maximum absolute atomic E-state index is 12.3. The lowest BCUT2D eigenvalue weighted by molar-refractivity contribution is -0.142. The number of hydrogen-bond donors (Lipinski definition) is 1. The number of methoxy groups -OCH3 is 1. The molecule has 8 nitrogen and oxygen atoms in total. The van der Waals surface area contributed by atoms with E-state index in [1.807, 2.05) is 49.9 Å². The Morgan fingerprint density at radius 3 is 2.06 bits per heavy atom. The average molecular weight is 462 g/mol. The largest absolute Gasteiger partial charge is 0.482 e. The Morgan fingerprint density at radius 1 is 1.00 bits per heavy atom. The molecule has 2 aliphatic rings. The normalized spacial score (nSPS) is 19.2. The minimum absolute atomic E-state index is 0.0875. The first-order valence-electron chi connectivity index (χ1n) is 11.9. The molecule has 1 aromatic carbocycles. The Labute approximate surface area is 197 Å². The number of benzene rings is 1. The van der Waals surface area contributed by atoms with Gasteiger partial charge in [0.05, 0.1) is 7.11 Å². The van der Waals surface area contributed by atoms with Crippen LogP contribution in [0.5, 0.6) is 5.75 Å². The number of esters is 1. The third-order valence-electron chi connectivity index (χ3n) is 6.61. The average Bonchev–Trinajstić information content (AvgIpc) is 2.81. The van der Waals surface area contributed by atoms with Crippen LogP contribution in [0.3, 0.4) is 0 Å². The van der Waals surface area contributed by atoms with E-state index in [2.05, 4.69) is 9.64 Å². The molecule has 0 saturated carbocycles. The molecule has 1 amide bonds. The zero-order valence-electron chi connectivity index (χ0n) is 20.4. The molecular formula is C25H39N3O5. The molecule has 1 unspecified atom stereocenters. The van der Waals surface area contributed by atoms with Crippen LogP contribution < -0.4 is 15.4 Å². The first-order valence-corrected chi connectivity index (χ1v) is 11.9. The highest BCUT2D eigenvalue weighted by molar-refractivity contribution is 5.71. The fraction of sp³-hybridized carbons (Fsp3) is 0.680. The smallest absolute Gasteiger partial charge is 0.410 e. The van der Waals surface area contributed by atoms with Crippen LogP contribution in [0.4, 0.5) is 10.5 Å². The number of carbonyl (C=O) groups excluding carboxylic acids is 2. The molecule has 2 fully saturated rings. The van der Waals surface area contributed by atoms with Gasteiger partial charge in [-0.15, -0.1) is 0 Å². The first kappa shape index (κ1) is 25.1. The number of anilines is 1. The molecule has 0 aromatic heterocycles. The van der Waals surface area contributed by atoms with Crippen molar-refractivity contribution >= 4 is 17.7 Å². The van der Waals surface area contributed by atoms with Gasteiger partial charge >= 0.3 is 12.1 Å². The molecule has 2 N–H and O–H groups in total. The van der Waals surface area contributed by atoms with Gasteiger partial charge in [0.1, 0.15) is 11.4 Å². The molecule has 3 rings (SSSR count). The van der Waals surface area contributed by atoms with E-state index in [0.717, 1.165) is 57.5 Å². The van der Waals surface area contributed by atoms with Gasteiger partial charge in [0.15, 0.2) is 6.61 Å². The molecule has 1 aromatic rings. The summed E-state index contributed by atoms with van der Waals surface area (Å²) in [5.74, 6) is 1.21. The van der Waals surface area contributed by atoms with Gasteiger partial charge in [0.2, 0.25) is 0 Å². The minimum atomic E-state index is -0.464. The van der Waals surface area contributed by atoms with Crippen molar-refractivity contribution in [3.8, 4) is 5.75 Å². The van der Waals surface area contributed by atoms with Gasteiger partial charge in [-0.2, -0.15) is 0 Å². The fourth-order valence-electron chi connectivity index (χ4n) is 4.68. The molecule has 184 valence electrons. The molecular weight excluding hydrogens is 422 g/mol. The van der Waals surface area contributed by atoms with Gasteiger partial charge in [-0.1, -0.05) is 0 Å². The van der Waals surface area contributed by atoms with Crippen LogP contribution in [0.25, 0.3) is 0 Å². The lowest BCUT2D eigenvalue weighted by Crippen LogP contribution is -2.49. The Kier molecular flexibility index (Phi) is 8.46. The number of ether oxygens (including phenoxy) is 3. The van der Waals surface area contributed by atoms with Gasteiger partial charge in [0.25, 0.3) is 0 Å². The third-order valence-corrected chi connectivity index (χ3v) is 6.61. The summed E-state index contributed by atoms with van der Waals surface area (Å²) in [7, 11) is 1.34. The summed E-state index contributed by atoms with van der Waals surface area (Å²) < 4.78 is 15.5. The van der Waals surface area contributed by atoms with E-state index in [1.54, 1.807) is 0 Å². The van der Waals surface area contributed by atoms with E-state index in [0.29, 0.717) is 17.6 Å². The lowest BCUT2D eigenvalue weighted by Gasteiger charge is -2.41. The van der Waals surface area contributed by atoms with Crippen LogP contribution in [-0.4, -0.2) is 68.5 Å². The molecule has 1 atom stereocenters. The molecule has 2 heterocycles. The maximum Gasteiger partial charge on any atom is 0.410 e. The Balaban J connectivity index is 1.42. The maximum atomic E-state index is 12.3. The summed E-state index contributed by atoms with van der Waals surface area (Å²) in [5.41, 5.74) is 7.40. The van der Waals surface area contributed by atoms with Crippen molar-refractivity contribution in [2.45, 2.75) is 58.1 Å². The highest BCUT2D eigenvalue weighted by atomic mass is 16.6. The van der Waals surface area contributed by atoms with E-state index < -0.39 is 11.6 Å². The first-order chi connectivity index (χ1) is 15.7. The van der Waals surface area contributed by atoms with E-state index >= 15 is 0 Å². The third kappa shape index (κ3) is 7.25. The SMILES string of the molecule is COC(=O)COc1ccc(N2CCC(C(N)C3CCN(C(=O)OC(C)(C)C)CC3)CC2)cc1. The number of nitrogens with two attached hydrogens (primary N) is 1. The molecule has 8 heteroatoms.